The lowest BCUT2D eigenvalue weighted by Crippen LogP contribution is -2.42. The van der Waals surface area contributed by atoms with Crippen molar-refractivity contribution < 1.29 is 23.4 Å². The van der Waals surface area contributed by atoms with Crippen LogP contribution in [0, 0.1) is 5.82 Å². The average molecular weight is 401 g/mol. The highest BCUT2D eigenvalue weighted by Crippen LogP contribution is 2.40. The van der Waals surface area contributed by atoms with E-state index in [1.807, 2.05) is 27.7 Å². The summed E-state index contributed by atoms with van der Waals surface area (Å²) in [6, 6.07) is 7.98. The molecule has 0 N–H and O–H groups in total. The van der Waals surface area contributed by atoms with Gasteiger partial charge in [-0.2, -0.15) is 0 Å². The minimum atomic E-state index is -0.288. The molecule has 1 aliphatic rings. The van der Waals surface area contributed by atoms with Crippen LogP contribution in [-0.4, -0.2) is 31.8 Å². The Morgan fingerprint density at radius 3 is 2.24 bits per heavy atom. The van der Waals surface area contributed by atoms with Crippen molar-refractivity contribution in [2.45, 2.75) is 46.6 Å². The van der Waals surface area contributed by atoms with Crippen LogP contribution in [-0.2, 0) is 6.42 Å². The van der Waals surface area contributed by atoms with E-state index in [0.717, 1.165) is 24.1 Å². The minimum absolute atomic E-state index is 0.00174. The lowest BCUT2D eigenvalue weighted by molar-refractivity contribution is 0.0974. The fraction of sp³-hybridized carbons (Fsp3) is 0.435. The second-order valence-electron chi connectivity index (χ2n) is 6.94. The third-order valence-corrected chi connectivity index (χ3v) is 4.95. The molecule has 156 valence electrons. The van der Waals surface area contributed by atoms with Crippen molar-refractivity contribution in [2.24, 2.45) is 0 Å². The van der Waals surface area contributed by atoms with E-state index in [0.29, 0.717) is 42.6 Å². The summed E-state index contributed by atoms with van der Waals surface area (Å²) in [5, 5.41) is 0. The first-order valence-electron chi connectivity index (χ1n) is 10.2. The molecular weight excluding hydrogens is 373 g/mol. The predicted molar refractivity (Wildman–Crippen MR) is 111 cm³/mol. The van der Waals surface area contributed by atoms with E-state index in [9.17, 15) is 9.18 Å². The number of benzene rings is 2. The molecule has 1 unspecified atom stereocenters. The number of hydrogen-bond acceptors (Lipinski definition) is 4. The summed E-state index contributed by atoms with van der Waals surface area (Å²) >= 11 is 0. The Morgan fingerprint density at radius 1 is 1.03 bits per heavy atom. The monoisotopic (exact) mass is 401 g/mol. The van der Waals surface area contributed by atoms with E-state index in [-0.39, 0.29) is 17.8 Å². The molecule has 0 bridgehead atoms. The Kier molecular flexibility index (Phi) is 6.62. The Labute approximate surface area is 171 Å². The zero-order valence-corrected chi connectivity index (χ0v) is 17.5. The lowest BCUT2D eigenvalue weighted by Gasteiger charge is -2.35. The molecule has 1 heterocycles. The van der Waals surface area contributed by atoms with Gasteiger partial charge in [0.1, 0.15) is 5.82 Å². The number of carbonyl (C=O) groups excluding carboxylic acids is 1. The molecule has 5 nitrogen and oxygen atoms in total. The molecule has 2 aromatic carbocycles. The van der Waals surface area contributed by atoms with Crippen molar-refractivity contribution in [3.05, 3.63) is 47.3 Å². The van der Waals surface area contributed by atoms with E-state index >= 15 is 0 Å². The van der Waals surface area contributed by atoms with Crippen LogP contribution >= 0.6 is 0 Å². The molecular formula is C23H28FNO4. The van der Waals surface area contributed by atoms with Gasteiger partial charge in [0, 0.05) is 17.3 Å². The highest BCUT2D eigenvalue weighted by molar-refractivity contribution is 6.08. The molecule has 0 spiro atoms. The van der Waals surface area contributed by atoms with Gasteiger partial charge >= 0.3 is 0 Å². The summed E-state index contributed by atoms with van der Waals surface area (Å²) < 4.78 is 30.9. The number of hydrogen-bond donors (Lipinski definition) is 0. The first-order valence-corrected chi connectivity index (χ1v) is 10.2. The molecule has 1 atom stereocenters. The molecule has 1 amide bonds. The lowest BCUT2D eigenvalue weighted by atomic mass is 9.95. The zero-order valence-electron chi connectivity index (χ0n) is 17.5. The largest absolute Gasteiger partial charge is 0.490 e. The average Bonchev–Trinajstić information content (AvgIpc) is 2.70. The van der Waals surface area contributed by atoms with E-state index in [1.165, 1.54) is 12.1 Å². The smallest absolute Gasteiger partial charge is 0.258 e. The Hall–Kier alpha value is -2.76. The fourth-order valence-corrected chi connectivity index (χ4v) is 3.68. The maximum atomic E-state index is 13.7. The summed E-state index contributed by atoms with van der Waals surface area (Å²) in [5.41, 5.74) is 2.04. The molecule has 0 radical (unpaired) electrons. The van der Waals surface area contributed by atoms with Gasteiger partial charge in [0.05, 0.1) is 19.8 Å². The maximum absolute atomic E-state index is 13.7. The van der Waals surface area contributed by atoms with Gasteiger partial charge in [-0.3, -0.25) is 4.79 Å². The number of aryl methyl sites for hydroxylation is 1. The number of halogens is 1. The van der Waals surface area contributed by atoms with Gasteiger partial charge in [-0.25, -0.2) is 4.39 Å². The van der Waals surface area contributed by atoms with E-state index in [1.54, 1.807) is 23.1 Å². The second kappa shape index (κ2) is 9.16. The number of rotatable bonds is 7. The number of nitrogens with zero attached hydrogens (tertiary/aromatic N) is 1. The SMILES string of the molecule is CCOc1cc(C(=O)N2c3ccc(F)cc3CCC2C)cc(OCC)c1OCC. The standard InChI is InChI=1S/C23H28FNO4/c1-5-27-20-13-17(14-21(28-6-2)22(20)29-7-3)23(26)25-15(4)8-9-16-12-18(24)10-11-19(16)25/h10-15H,5-9H2,1-4H3. The predicted octanol–water partition coefficient (Wildman–Crippen LogP) is 5.00. The first-order chi connectivity index (χ1) is 14.0. The molecule has 6 heteroatoms. The number of fused-ring (bicyclic) bond motifs is 1. The molecule has 2 aromatic rings. The van der Waals surface area contributed by atoms with Crippen LogP contribution in [0.25, 0.3) is 0 Å². The molecule has 0 aromatic heterocycles. The van der Waals surface area contributed by atoms with Crippen molar-refractivity contribution >= 4 is 11.6 Å². The molecule has 0 saturated heterocycles. The summed E-state index contributed by atoms with van der Waals surface area (Å²) in [6.07, 6.45) is 1.52. The number of anilines is 1. The minimum Gasteiger partial charge on any atom is -0.490 e. The third-order valence-electron chi connectivity index (χ3n) is 4.95. The van der Waals surface area contributed by atoms with Crippen LogP contribution in [0.5, 0.6) is 17.2 Å². The quantitative estimate of drug-likeness (QED) is 0.655. The molecule has 3 rings (SSSR count). The van der Waals surface area contributed by atoms with Crippen molar-refractivity contribution in [3.63, 3.8) is 0 Å². The fourth-order valence-electron chi connectivity index (χ4n) is 3.68. The van der Waals surface area contributed by atoms with Crippen LogP contribution in [0.1, 0.15) is 50.0 Å². The van der Waals surface area contributed by atoms with Crippen LogP contribution < -0.4 is 19.1 Å². The molecule has 0 fully saturated rings. The van der Waals surface area contributed by atoms with Crippen molar-refractivity contribution in [2.75, 3.05) is 24.7 Å². The van der Waals surface area contributed by atoms with Crippen molar-refractivity contribution in [3.8, 4) is 17.2 Å². The van der Waals surface area contributed by atoms with Gasteiger partial charge < -0.3 is 19.1 Å². The van der Waals surface area contributed by atoms with Gasteiger partial charge in [0.2, 0.25) is 5.75 Å². The molecule has 29 heavy (non-hydrogen) atoms. The highest BCUT2D eigenvalue weighted by Gasteiger charge is 2.30. The van der Waals surface area contributed by atoms with E-state index in [2.05, 4.69) is 0 Å². The van der Waals surface area contributed by atoms with Gasteiger partial charge in [-0.05, 0) is 76.4 Å². The van der Waals surface area contributed by atoms with Gasteiger partial charge in [-0.15, -0.1) is 0 Å². The Balaban J connectivity index is 2.07. The van der Waals surface area contributed by atoms with Gasteiger partial charge in [0.25, 0.3) is 5.91 Å². The van der Waals surface area contributed by atoms with Crippen molar-refractivity contribution in [1.29, 1.82) is 0 Å². The number of ether oxygens (including phenoxy) is 3. The first kappa shape index (κ1) is 21.0. The third kappa shape index (κ3) is 4.31. The summed E-state index contributed by atoms with van der Waals surface area (Å²) in [7, 11) is 0. The molecule has 0 aliphatic carbocycles. The van der Waals surface area contributed by atoms with E-state index < -0.39 is 0 Å². The van der Waals surface area contributed by atoms with Gasteiger partial charge in [-0.1, -0.05) is 0 Å². The molecule has 1 aliphatic heterocycles. The molecule has 0 saturated carbocycles. The summed E-state index contributed by atoms with van der Waals surface area (Å²) in [5.74, 6) is 1.00. The summed E-state index contributed by atoms with van der Waals surface area (Å²) in [4.78, 5) is 15.3. The van der Waals surface area contributed by atoms with Gasteiger partial charge in [0.15, 0.2) is 11.5 Å². The van der Waals surface area contributed by atoms with Crippen molar-refractivity contribution in [1.82, 2.24) is 0 Å². The number of amides is 1. The van der Waals surface area contributed by atoms with Crippen LogP contribution in [0.15, 0.2) is 30.3 Å². The zero-order chi connectivity index (χ0) is 21.0. The highest BCUT2D eigenvalue weighted by atomic mass is 19.1. The Bertz CT molecular complexity index is 856. The normalized spacial score (nSPS) is 15.6. The maximum Gasteiger partial charge on any atom is 0.258 e. The van der Waals surface area contributed by atoms with Crippen LogP contribution in [0.2, 0.25) is 0 Å². The van der Waals surface area contributed by atoms with Crippen LogP contribution in [0.4, 0.5) is 10.1 Å². The Morgan fingerprint density at radius 2 is 1.66 bits per heavy atom. The van der Waals surface area contributed by atoms with Crippen LogP contribution in [0.3, 0.4) is 0 Å². The summed E-state index contributed by atoms with van der Waals surface area (Å²) in [6.45, 7) is 8.97. The number of carbonyl (C=O) groups is 1. The topological polar surface area (TPSA) is 48.0 Å². The second-order valence-corrected chi connectivity index (χ2v) is 6.94. The van der Waals surface area contributed by atoms with E-state index in [4.69, 9.17) is 14.2 Å².